The summed E-state index contributed by atoms with van der Waals surface area (Å²) in [5, 5.41) is 17.0. The molecule has 3 aromatic rings. The fourth-order valence-corrected chi connectivity index (χ4v) is 7.30. The number of piperazine rings is 1. The van der Waals surface area contributed by atoms with Gasteiger partial charge in [-0.2, -0.15) is 0 Å². The van der Waals surface area contributed by atoms with Crippen LogP contribution in [0.2, 0.25) is 0 Å². The first-order valence-corrected chi connectivity index (χ1v) is 18.6. The van der Waals surface area contributed by atoms with Gasteiger partial charge >= 0.3 is 12.1 Å². The molecule has 5 N–H and O–H groups in total. The number of aliphatic hydroxyl groups is 1. The molecule has 2 atom stereocenters. The molecule has 1 fully saturated rings. The fraction of sp³-hybridized carbons (Fsp3) is 0.500. The highest BCUT2D eigenvalue weighted by Gasteiger charge is 2.45. The van der Waals surface area contributed by atoms with Crippen molar-refractivity contribution in [3.8, 4) is 17.1 Å². The molecule has 1 aromatic carbocycles. The largest absolute Gasteiger partial charge is 0.458 e. The zero-order valence-corrected chi connectivity index (χ0v) is 30.9. The van der Waals surface area contributed by atoms with E-state index in [0.29, 0.717) is 35.5 Å². The molecule has 288 valence electrons. The van der Waals surface area contributed by atoms with Crippen LogP contribution in [0.25, 0.3) is 22.3 Å². The number of hydrogen-bond donors (Lipinski definition) is 4. The van der Waals surface area contributed by atoms with Crippen molar-refractivity contribution >= 4 is 40.7 Å². The summed E-state index contributed by atoms with van der Waals surface area (Å²) in [4.78, 5) is 84.4. The summed E-state index contributed by atoms with van der Waals surface area (Å²) in [6.45, 7) is 6.19. The van der Waals surface area contributed by atoms with Crippen LogP contribution in [0.4, 0.5) is 4.79 Å². The smallest absolute Gasteiger partial charge is 0.415 e. The number of fused-ring (bicyclic) bond motifs is 5. The lowest BCUT2D eigenvalue weighted by Crippen LogP contribution is -2.53. The van der Waals surface area contributed by atoms with Gasteiger partial charge in [0.15, 0.2) is 5.60 Å². The van der Waals surface area contributed by atoms with Gasteiger partial charge in [-0.1, -0.05) is 40.0 Å². The third kappa shape index (κ3) is 7.40. The van der Waals surface area contributed by atoms with Crippen molar-refractivity contribution in [2.24, 2.45) is 5.73 Å². The van der Waals surface area contributed by atoms with Gasteiger partial charge in [0.25, 0.3) is 5.56 Å². The molecule has 16 heteroatoms. The summed E-state index contributed by atoms with van der Waals surface area (Å²) < 4.78 is 12.5. The molecule has 6 rings (SSSR count). The minimum Gasteiger partial charge on any atom is -0.458 e. The van der Waals surface area contributed by atoms with Gasteiger partial charge in [0, 0.05) is 42.7 Å². The highest BCUT2D eigenvalue weighted by molar-refractivity contribution is 5.91. The third-order valence-electron chi connectivity index (χ3n) is 10.5. The Hall–Kier alpha value is -5.35. The third-order valence-corrected chi connectivity index (χ3v) is 10.5. The summed E-state index contributed by atoms with van der Waals surface area (Å²) in [5.74, 6) is -1.69. The number of cyclic esters (lactones) is 1. The topological polar surface area (TPSA) is 215 Å². The average Bonchev–Trinajstić information content (AvgIpc) is 3.55. The van der Waals surface area contributed by atoms with Crippen molar-refractivity contribution in [3.05, 3.63) is 56.9 Å². The quantitative estimate of drug-likeness (QED) is 0.120. The van der Waals surface area contributed by atoms with Crippen LogP contribution >= 0.6 is 0 Å². The van der Waals surface area contributed by atoms with Crippen LogP contribution in [0.3, 0.4) is 0 Å². The molecule has 1 saturated heterocycles. The summed E-state index contributed by atoms with van der Waals surface area (Å²) >= 11 is 0. The maximum atomic E-state index is 13.6. The van der Waals surface area contributed by atoms with Crippen LogP contribution in [-0.4, -0.2) is 99.6 Å². The van der Waals surface area contributed by atoms with Gasteiger partial charge in [0.1, 0.15) is 12.4 Å². The van der Waals surface area contributed by atoms with E-state index in [2.05, 4.69) is 17.6 Å². The molecule has 54 heavy (non-hydrogen) atoms. The van der Waals surface area contributed by atoms with Crippen LogP contribution in [0, 0.1) is 0 Å². The maximum Gasteiger partial charge on any atom is 0.415 e. The Morgan fingerprint density at radius 2 is 1.74 bits per heavy atom. The van der Waals surface area contributed by atoms with Gasteiger partial charge < -0.3 is 45.3 Å². The van der Waals surface area contributed by atoms with Gasteiger partial charge in [0.2, 0.25) is 17.7 Å². The predicted octanol–water partition coefficient (Wildman–Crippen LogP) is 1.43. The van der Waals surface area contributed by atoms with Gasteiger partial charge in [-0.05, 0) is 49.1 Å². The summed E-state index contributed by atoms with van der Waals surface area (Å²) in [6, 6.07) is 6.14. The number of nitrogens with one attached hydrogen (secondary N) is 2. The van der Waals surface area contributed by atoms with Gasteiger partial charge in [-0.25, -0.2) is 14.6 Å². The molecule has 4 amide bonds. The van der Waals surface area contributed by atoms with Crippen LogP contribution in [0.15, 0.2) is 29.1 Å². The number of pyridine rings is 2. The molecule has 5 heterocycles. The Balaban J connectivity index is 1.06. The SMILES string of the molecule is CCCCC[C@H](N)C(=O)NCC(=O)NCC(=O)N1CCN(C(=O)Oc2ccc3nc4c(c(CC)c3c2)Cn2c-4cc3c(c2=O)COC(=O)[C@]3(O)CC)CC1. The Bertz CT molecular complexity index is 2060. The van der Waals surface area contributed by atoms with Crippen molar-refractivity contribution in [2.45, 2.75) is 84.1 Å². The second-order valence-electron chi connectivity index (χ2n) is 13.9. The Morgan fingerprint density at radius 3 is 2.44 bits per heavy atom. The molecule has 0 spiro atoms. The van der Waals surface area contributed by atoms with Gasteiger partial charge in [-0.3, -0.25) is 19.2 Å². The van der Waals surface area contributed by atoms with E-state index in [4.69, 9.17) is 20.2 Å². The first kappa shape index (κ1) is 38.4. The van der Waals surface area contributed by atoms with E-state index in [-0.39, 0.29) is 81.4 Å². The zero-order chi connectivity index (χ0) is 38.7. The van der Waals surface area contributed by atoms with E-state index >= 15 is 0 Å². The predicted molar refractivity (Wildman–Crippen MR) is 196 cm³/mol. The number of rotatable bonds is 12. The molecule has 3 aliphatic rings. The van der Waals surface area contributed by atoms with Crippen LogP contribution in [-0.2, 0) is 49.1 Å². The van der Waals surface area contributed by atoms with Gasteiger partial charge in [-0.15, -0.1) is 0 Å². The Morgan fingerprint density at radius 1 is 1.00 bits per heavy atom. The number of ether oxygens (including phenoxy) is 2. The van der Waals surface area contributed by atoms with E-state index in [1.165, 1.54) is 4.90 Å². The lowest BCUT2D eigenvalue weighted by molar-refractivity contribution is -0.172. The Labute approximate surface area is 312 Å². The Kier molecular flexibility index (Phi) is 11.3. The van der Waals surface area contributed by atoms with Crippen LogP contribution < -0.4 is 26.7 Å². The van der Waals surface area contributed by atoms with Crippen molar-refractivity contribution in [1.29, 1.82) is 0 Å². The molecule has 0 saturated carbocycles. The molecule has 0 unspecified atom stereocenters. The summed E-state index contributed by atoms with van der Waals surface area (Å²) in [6.07, 6.45) is 3.43. The number of hydrogen-bond acceptors (Lipinski definition) is 11. The summed E-state index contributed by atoms with van der Waals surface area (Å²) in [5.41, 5.74) is 7.62. The van der Waals surface area contributed by atoms with E-state index in [1.54, 1.807) is 40.7 Å². The number of aryl methyl sites for hydroxylation is 1. The van der Waals surface area contributed by atoms with Crippen LogP contribution in [0.1, 0.15) is 75.1 Å². The molecular formula is C38H47N7O9. The maximum absolute atomic E-state index is 13.6. The number of nitrogens with two attached hydrogens (primary N) is 1. The number of nitrogens with zero attached hydrogens (tertiary/aromatic N) is 4. The molecule has 0 bridgehead atoms. The van der Waals surface area contributed by atoms with Crippen molar-refractivity contribution in [3.63, 3.8) is 0 Å². The van der Waals surface area contributed by atoms with Crippen molar-refractivity contribution < 1.29 is 38.6 Å². The highest BCUT2D eigenvalue weighted by atomic mass is 16.6. The minimum absolute atomic E-state index is 0.0494. The zero-order valence-electron chi connectivity index (χ0n) is 30.9. The lowest BCUT2D eigenvalue weighted by Gasteiger charge is -2.34. The monoisotopic (exact) mass is 745 g/mol. The normalized spacial score (nSPS) is 18.0. The number of unbranched alkanes of at least 4 members (excludes halogenated alkanes) is 2. The number of benzene rings is 1. The van der Waals surface area contributed by atoms with E-state index in [9.17, 15) is 33.9 Å². The standard InChI is InChI=1S/C38H47N7O9/c1-4-7-8-9-28(39)34(48)41-18-31(46)40-19-32(47)43-12-14-44(15-13-43)37(51)54-22-10-11-29-24(16-22)23(5-2)25-20-45-30(33(25)42-29)17-27-26(35(45)49)21-53-36(50)38(27,52)6-3/h10-11,16-17,28,52H,4-9,12-15,18-21,39H2,1-3H3,(H,40,46)(H,41,48)/t28-,38-/m0/s1. The first-order chi connectivity index (χ1) is 25.9. The number of carbonyl (C=O) groups is 5. The van der Waals surface area contributed by atoms with E-state index in [0.717, 1.165) is 35.8 Å². The van der Waals surface area contributed by atoms with Crippen LogP contribution in [0.5, 0.6) is 5.75 Å². The molecular weight excluding hydrogens is 698 g/mol. The lowest BCUT2D eigenvalue weighted by atomic mass is 9.86. The first-order valence-electron chi connectivity index (χ1n) is 18.6. The van der Waals surface area contributed by atoms with Crippen molar-refractivity contribution in [1.82, 2.24) is 30.0 Å². The minimum atomic E-state index is -1.92. The summed E-state index contributed by atoms with van der Waals surface area (Å²) in [7, 11) is 0. The number of amides is 4. The van der Waals surface area contributed by atoms with Crippen molar-refractivity contribution in [2.75, 3.05) is 39.3 Å². The van der Waals surface area contributed by atoms with E-state index < -0.39 is 35.5 Å². The number of carbonyl (C=O) groups excluding carboxylic acids is 5. The molecule has 16 nitrogen and oxygen atoms in total. The molecule has 2 aromatic heterocycles. The average molecular weight is 746 g/mol. The number of aromatic nitrogens is 2. The van der Waals surface area contributed by atoms with Gasteiger partial charge in [0.05, 0.1) is 48.1 Å². The molecule has 0 radical (unpaired) electrons. The molecule has 0 aliphatic carbocycles. The highest BCUT2D eigenvalue weighted by Crippen LogP contribution is 2.40. The second kappa shape index (κ2) is 15.9. The van der Waals surface area contributed by atoms with E-state index in [1.807, 2.05) is 6.92 Å². The fourth-order valence-electron chi connectivity index (χ4n) is 7.30. The second-order valence-corrected chi connectivity index (χ2v) is 13.9. The number of esters is 1. The molecule has 3 aliphatic heterocycles.